The van der Waals surface area contributed by atoms with Gasteiger partial charge in [0, 0.05) is 24.6 Å². The molecule has 1 atom stereocenters. The van der Waals surface area contributed by atoms with Gasteiger partial charge in [0.2, 0.25) is 0 Å². The molecule has 1 aromatic rings. The van der Waals surface area contributed by atoms with E-state index < -0.39 is 0 Å². The van der Waals surface area contributed by atoms with E-state index in [4.69, 9.17) is 0 Å². The molecule has 0 aromatic heterocycles. The summed E-state index contributed by atoms with van der Waals surface area (Å²) in [7, 11) is 1.92. The molecular weight excluding hydrogens is 210 g/mol. The second kappa shape index (κ2) is 3.73. The zero-order chi connectivity index (χ0) is 11.9. The number of hydrogen-bond donors (Lipinski definition) is 0. The Bertz CT molecular complexity index is 491. The van der Waals surface area contributed by atoms with E-state index in [1.807, 2.05) is 24.1 Å². The van der Waals surface area contributed by atoms with Gasteiger partial charge in [0.15, 0.2) is 0 Å². The average Bonchev–Trinajstić information content (AvgIpc) is 2.38. The van der Waals surface area contributed by atoms with Gasteiger partial charge in [0.05, 0.1) is 0 Å². The van der Waals surface area contributed by atoms with Gasteiger partial charge >= 0.3 is 0 Å². The largest absolute Gasteiger partial charge is 0.341 e. The van der Waals surface area contributed by atoms with E-state index in [1.54, 1.807) is 0 Å². The molecule has 1 heterocycles. The fraction of sp³-hybridized carbons (Fsp3) is 0.400. The Morgan fingerprint density at radius 1 is 1.24 bits per heavy atom. The van der Waals surface area contributed by atoms with Crippen molar-refractivity contribution in [2.45, 2.75) is 24.7 Å². The minimum absolute atomic E-state index is 0.161. The molecule has 1 aliphatic heterocycles. The fourth-order valence-electron chi connectivity index (χ4n) is 3.23. The van der Waals surface area contributed by atoms with Crippen molar-refractivity contribution in [3.8, 4) is 0 Å². The molecule has 1 aliphatic carbocycles. The summed E-state index contributed by atoms with van der Waals surface area (Å²) in [6.07, 6.45) is 7.85. The van der Waals surface area contributed by atoms with Gasteiger partial charge in [-0.15, -0.1) is 0 Å². The molecule has 0 saturated carbocycles. The first-order valence-corrected chi connectivity index (χ1v) is 6.23. The number of carbonyl (C=O) groups excluding carboxylic acids is 1. The zero-order valence-corrected chi connectivity index (χ0v) is 10.1. The first-order chi connectivity index (χ1) is 8.23. The Morgan fingerprint density at radius 3 is 2.82 bits per heavy atom. The molecule has 1 amide bonds. The average molecular weight is 227 g/mol. The van der Waals surface area contributed by atoms with Gasteiger partial charge in [-0.25, -0.2) is 0 Å². The molecule has 17 heavy (non-hydrogen) atoms. The standard InChI is InChI=1S/C15H17NO/c1-16-11-15(9-5-2-6-10-15)13-8-4-3-7-12(13)14(16)17/h2-5,7-8H,6,9-11H2,1H3. The van der Waals surface area contributed by atoms with Crippen LogP contribution in [0.5, 0.6) is 0 Å². The number of amides is 1. The quantitative estimate of drug-likeness (QED) is 0.624. The summed E-state index contributed by atoms with van der Waals surface area (Å²) in [4.78, 5) is 14.0. The number of hydrogen-bond acceptors (Lipinski definition) is 1. The lowest BCUT2D eigenvalue weighted by Gasteiger charge is -2.43. The van der Waals surface area contributed by atoms with Crippen molar-refractivity contribution in [1.29, 1.82) is 0 Å². The summed E-state index contributed by atoms with van der Waals surface area (Å²) in [6, 6.07) is 8.12. The van der Waals surface area contributed by atoms with Crippen molar-refractivity contribution in [2.24, 2.45) is 0 Å². The molecule has 1 aromatic carbocycles. The third-order valence-electron chi connectivity index (χ3n) is 4.08. The maximum Gasteiger partial charge on any atom is 0.253 e. The Hall–Kier alpha value is -1.57. The molecule has 0 bridgehead atoms. The Morgan fingerprint density at radius 2 is 2.06 bits per heavy atom. The number of rotatable bonds is 0. The minimum Gasteiger partial charge on any atom is -0.341 e. The summed E-state index contributed by atoms with van der Waals surface area (Å²) in [6.45, 7) is 0.854. The van der Waals surface area contributed by atoms with Crippen molar-refractivity contribution in [3.63, 3.8) is 0 Å². The maximum absolute atomic E-state index is 12.2. The van der Waals surface area contributed by atoms with Crippen LogP contribution in [0, 0.1) is 0 Å². The van der Waals surface area contributed by atoms with Crippen molar-refractivity contribution in [3.05, 3.63) is 47.5 Å². The fourth-order valence-corrected chi connectivity index (χ4v) is 3.23. The molecule has 3 rings (SSSR count). The van der Waals surface area contributed by atoms with E-state index in [0.29, 0.717) is 0 Å². The number of nitrogens with zero attached hydrogens (tertiary/aromatic N) is 1. The van der Waals surface area contributed by atoms with Gasteiger partial charge in [-0.2, -0.15) is 0 Å². The normalized spacial score (nSPS) is 27.4. The molecular formula is C15H17NO. The lowest BCUT2D eigenvalue weighted by atomic mass is 9.68. The molecule has 1 unspecified atom stereocenters. The predicted octanol–water partition coefficient (Wildman–Crippen LogP) is 2.75. The number of likely N-dealkylation sites (N-methyl/N-ethyl adjacent to an activating group) is 1. The van der Waals surface area contributed by atoms with E-state index in [0.717, 1.165) is 31.4 Å². The van der Waals surface area contributed by atoms with Crippen molar-refractivity contribution >= 4 is 5.91 Å². The lowest BCUT2D eigenvalue weighted by molar-refractivity contribution is 0.0714. The molecule has 0 radical (unpaired) electrons. The summed E-state index contributed by atoms with van der Waals surface area (Å²) in [5, 5.41) is 0. The predicted molar refractivity (Wildman–Crippen MR) is 68.1 cm³/mol. The third-order valence-corrected chi connectivity index (χ3v) is 4.08. The van der Waals surface area contributed by atoms with Crippen molar-refractivity contribution in [2.75, 3.05) is 13.6 Å². The van der Waals surface area contributed by atoms with Crippen molar-refractivity contribution < 1.29 is 4.79 Å². The highest BCUT2D eigenvalue weighted by molar-refractivity contribution is 5.97. The number of carbonyl (C=O) groups is 1. The zero-order valence-electron chi connectivity index (χ0n) is 10.1. The van der Waals surface area contributed by atoms with E-state index in [2.05, 4.69) is 24.3 Å². The van der Waals surface area contributed by atoms with Crippen LogP contribution < -0.4 is 0 Å². The Balaban J connectivity index is 2.16. The van der Waals surface area contributed by atoms with Crippen LogP contribution in [0.25, 0.3) is 0 Å². The highest BCUT2D eigenvalue weighted by Crippen LogP contribution is 2.41. The van der Waals surface area contributed by atoms with Crippen LogP contribution >= 0.6 is 0 Å². The first kappa shape index (κ1) is 10.6. The summed E-state index contributed by atoms with van der Waals surface area (Å²) in [5.74, 6) is 0.167. The highest BCUT2D eigenvalue weighted by atomic mass is 16.2. The molecule has 2 heteroatoms. The molecule has 88 valence electrons. The summed E-state index contributed by atoms with van der Waals surface area (Å²) >= 11 is 0. The Kier molecular flexibility index (Phi) is 2.32. The lowest BCUT2D eigenvalue weighted by Crippen LogP contribution is -2.48. The van der Waals surface area contributed by atoms with Crippen molar-refractivity contribution in [1.82, 2.24) is 4.90 Å². The van der Waals surface area contributed by atoms with Crippen LogP contribution in [0.15, 0.2) is 36.4 Å². The van der Waals surface area contributed by atoms with Crippen LogP contribution in [-0.4, -0.2) is 24.4 Å². The van der Waals surface area contributed by atoms with E-state index in [9.17, 15) is 4.79 Å². The van der Waals surface area contributed by atoms with Gasteiger partial charge < -0.3 is 4.90 Å². The monoisotopic (exact) mass is 227 g/mol. The smallest absolute Gasteiger partial charge is 0.253 e. The van der Waals surface area contributed by atoms with Crippen LogP contribution in [0.2, 0.25) is 0 Å². The maximum atomic E-state index is 12.2. The van der Waals surface area contributed by atoms with Crippen LogP contribution in [0.3, 0.4) is 0 Å². The number of benzene rings is 1. The van der Waals surface area contributed by atoms with Crippen LogP contribution in [0.4, 0.5) is 0 Å². The summed E-state index contributed by atoms with van der Waals surface area (Å²) in [5.41, 5.74) is 2.32. The molecule has 0 fully saturated rings. The van der Waals surface area contributed by atoms with Gasteiger partial charge in [-0.1, -0.05) is 30.4 Å². The molecule has 1 spiro atoms. The SMILES string of the molecule is CN1CC2(CC=CCC2)c2ccccc2C1=O. The minimum atomic E-state index is 0.161. The van der Waals surface area contributed by atoms with Crippen LogP contribution in [-0.2, 0) is 5.41 Å². The second-order valence-electron chi connectivity index (χ2n) is 5.20. The molecule has 0 N–H and O–H groups in total. The van der Waals surface area contributed by atoms with E-state index >= 15 is 0 Å². The van der Waals surface area contributed by atoms with Crippen LogP contribution in [0.1, 0.15) is 35.2 Å². The van der Waals surface area contributed by atoms with Gasteiger partial charge in [-0.3, -0.25) is 4.79 Å². The number of fused-ring (bicyclic) bond motifs is 2. The first-order valence-electron chi connectivity index (χ1n) is 6.23. The molecule has 0 saturated heterocycles. The van der Waals surface area contributed by atoms with Gasteiger partial charge in [0.1, 0.15) is 0 Å². The van der Waals surface area contributed by atoms with Gasteiger partial charge in [0.25, 0.3) is 5.91 Å². The Labute approximate surface area is 102 Å². The van der Waals surface area contributed by atoms with E-state index in [-0.39, 0.29) is 11.3 Å². The molecule has 2 aliphatic rings. The third kappa shape index (κ3) is 1.51. The second-order valence-corrected chi connectivity index (χ2v) is 5.20. The highest BCUT2D eigenvalue weighted by Gasteiger charge is 2.41. The topological polar surface area (TPSA) is 20.3 Å². The number of allylic oxidation sites excluding steroid dienone is 2. The molecule has 2 nitrogen and oxygen atoms in total. The van der Waals surface area contributed by atoms with Gasteiger partial charge in [-0.05, 0) is 30.9 Å². The van der Waals surface area contributed by atoms with E-state index in [1.165, 1.54) is 5.56 Å². The summed E-state index contributed by atoms with van der Waals surface area (Å²) < 4.78 is 0.